The quantitative estimate of drug-likeness (QED) is 0.249. The van der Waals surface area contributed by atoms with Crippen LogP contribution in [0, 0.1) is 10.1 Å². The molecule has 0 spiro atoms. The lowest BCUT2D eigenvalue weighted by atomic mass is 10.1. The molecule has 3 rings (SSSR count). The van der Waals surface area contributed by atoms with Gasteiger partial charge in [-0.1, -0.05) is 12.1 Å². The molecule has 1 aromatic heterocycles. The van der Waals surface area contributed by atoms with Crippen LogP contribution < -0.4 is 13.8 Å². The maximum Gasteiger partial charge on any atom is 0.426 e. The molecular formula is C20H19N3O6S2. The molecule has 1 heterocycles. The summed E-state index contributed by atoms with van der Waals surface area (Å²) in [6.07, 6.45) is -0.581. The molecule has 9 nitrogen and oxygen atoms in total. The highest BCUT2D eigenvalue weighted by Crippen LogP contribution is 2.38. The molecule has 0 unspecified atom stereocenters. The van der Waals surface area contributed by atoms with Crippen LogP contribution in [-0.4, -0.2) is 36.8 Å². The largest absolute Gasteiger partial charge is 0.493 e. The second-order valence-corrected chi connectivity index (χ2v) is 7.78. The van der Waals surface area contributed by atoms with Gasteiger partial charge in [0, 0.05) is 39.9 Å². The van der Waals surface area contributed by atoms with E-state index in [1.807, 2.05) is 0 Å². The number of non-ortho nitro benzene ring substituents is 1. The van der Waals surface area contributed by atoms with E-state index in [-0.39, 0.29) is 12.3 Å². The zero-order chi connectivity index (χ0) is 22.4. The van der Waals surface area contributed by atoms with Gasteiger partial charge < -0.3 is 14.2 Å². The van der Waals surface area contributed by atoms with Gasteiger partial charge in [0.15, 0.2) is 11.5 Å². The number of carbonyl (C=O) groups excluding carboxylic acids is 1. The number of nitrogens with zero attached hydrogens (tertiary/aromatic N) is 3. The molecule has 162 valence electrons. The molecule has 31 heavy (non-hydrogen) atoms. The highest BCUT2D eigenvalue weighted by atomic mass is 32.2. The van der Waals surface area contributed by atoms with Crippen LogP contribution in [-0.2, 0) is 4.74 Å². The van der Waals surface area contributed by atoms with E-state index in [0.717, 1.165) is 11.9 Å². The Morgan fingerprint density at radius 3 is 2.65 bits per heavy atom. The van der Waals surface area contributed by atoms with Crippen LogP contribution in [0.4, 0.5) is 15.6 Å². The molecule has 0 saturated carbocycles. The summed E-state index contributed by atoms with van der Waals surface area (Å²) in [5.74, 6) is 1.09. The first-order valence-electron chi connectivity index (χ1n) is 9.04. The van der Waals surface area contributed by atoms with Crippen molar-refractivity contribution in [3.63, 3.8) is 0 Å². The summed E-state index contributed by atoms with van der Waals surface area (Å²) in [6.45, 7) is 1.92. The fourth-order valence-corrected chi connectivity index (χ4v) is 4.30. The van der Waals surface area contributed by atoms with Crippen molar-refractivity contribution in [2.24, 2.45) is 0 Å². The van der Waals surface area contributed by atoms with Crippen molar-refractivity contribution in [3.8, 4) is 22.8 Å². The van der Waals surface area contributed by atoms with E-state index in [2.05, 4.69) is 4.98 Å². The lowest BCUT2D eigenvalue weighted by Crippen LogP contribution is -2.24. The number of anilines is 1. The Balaban J connectivity index is 1.92. The number of benzene rings is 2. The van der Waals surface area contributed by atoms with Crippen molar-refractivity contribution in [2.45, 2.75) is 11.8 Å². The molecule has 0 saturated heterocycles. The third-order valence-corrected chi connectivity index (χ3v) is 5.91. The standard InChI is InChI=1S/C20H19N3O6S2/c1-4-29-20(24)22(31-15-8-9-17(27-2)18(11-15)28-3)19-21-16(12-30-19)13-6-5-7-14(10-13)23(25)26/h5-12H,4H2,1-3H3. The number of amides is 1. The SMILES string of the molecule is CCOC(=O)N(Sc1ccc(OC)c(OC)c1)c1nc(-c2cccc([N+](=O)[O-])c2)cs1. The minimum absolute atomic E-state index is 0.0333. The van der Waals surface area contributed by atoms with E-state index in [1.165, 1.54) is 34.9 Å². The predicted molar refractivity (Wildman–Crippen MR) is 119 cm³/mol. The molecule has 0 aliphatic carbocycles. The summed E-state index contributed by atoms with van der Waals surface area (Å²) < 4.78 is 17.1. The van der Waals surface area contributed by atoms with Crippen LogP contribution in [0.3, 0.4) is 0 Å². The second-order valence-electron chi connectivity index (χ2n) is 5.92. The fourth-order valence-electron chi connectivity index (χ4n) is 2.58. The number of thiazole rings is 1. The third kappa shape index (κ3) is 5.25. The van der Waals surface area contributed by atoms with Crippen LogP contribution in [0.15, 0.2) is 52.7 Å². The van der Waals surface area contributed by atoms with Crippen LogP contribution in [0.2, 0.25) is 0 Å². The van der Waals surface area contributed by atoms with Crippen LogP contribution in [0.1, 0.15) is 6.92 Å². The highest BCUT2D eigenvalue weighted by molar-refractivity contribution is 8.01. The second kappa shape index (κ2) is 10.1. The maximum atomic E-state index is 12.6. The zero-order valence-corrected chi connectivity index (χ0v) is 18.6. The third-order valence-electron chi connectivity index (χ3n) is 4.00. The van der Waals surface area contributed by atoms with E-state index in [4.69, 9.17) is 14.2 Å². The first-order valence-corrected chi connectivity index (χ1v) is 10.7. The number of ether oxygens (including phenoxy) is 3. The molecule has 0 aliphatic rings. The monoisotopic (exact) mass is 461 g/mol. The van der Waals surface area contributed by atoms with Gasteiger partial charge in [-0.25, -0.2) is 9.78 Å². The average molecular weight is 462 g/mol. The van der Waals surface area contributed by atoms with Crippen molar-refractivity contribution >= 4 is 40.2 Å². The van der Waals surface area contributed by atoms with E-state index in [1.54, 1.807) is 49.7 Å². The van der Waals surface area contributed by atoms with Gasteiger partial charge in [0.05, 0.1) is 31.4 Å². The van der Waals surface area contributed by atoms with Crippen LogP contribution >= 0.6 is 23.3 Å². The molecule has 3 aromatic rings. The van der Waals surface area contributed by atoms with Gasteiger partial charge in [0.25, 0.3) is 5.69 Å². The molecule has 1 amide bonds. The number of carbonyl (C=O) groups is 1. The van der Waals surface area contributed by atoms with Gasteiger partial charge in [-0.3, -0.25) is 10.1 Å². The van der Waals surface area contributed by atoms with Gasteiger partial charge >= 0.3 is 6.09 Å². The molecule has 0 fully saturated rings. The summed E-state index contributed by atoms with van der Waals surface area (Å²) in [4.78, 5) is 28.4. The topological polar surface area (TPSA) is 104 Å². The van der Waals surface area contributed by atoms with Gasteiger partial charge in [-0.2, -0.15) is 4.31 Å². The Bertz CT molecular complexity index is 1090. The minimum Gasteiger partial charge on any atom is -0.493 e. The van der Waals surface area contributed by atoms with Crippen LogP contribution in [0.25, 0.3) is 11.3 Å². The Morgan fingerprint density at radius 2 is 1.97 bits per heavy atom. The average Bonchev–Trinajstić information content (AvgIpc) is 3.27. The maximum absolute atomic E-state index is 12.6. The summed E-state index contributed by atoms with van der Waals surface area (Å²) in [6, 6.07) is 11.4. The van der Waals surface area contributed by atoms with Crippen LogP contribution in [0.5, 0.6) is 11.5 Å². The van der Waals surface area contributed by atoms with Gasteiger partial charge in [-0.05, 0) is 25.1 Å². The zero-order valence-electron chi connectivity index (χ0n) is 16.9. The Morgan fingerprint density at radius 1 is 1.19 bits per heavy atom. The highest BCUT2D eigenvalue weighted by Gasteiger charge is 2.23. The number of nitro groups is 1. The number of aromatic nitrogens is 1. The van der Waals surface area contributed by atoms with Gasteiger partial charge in [-0.15, -0.1) is 11.3 Å². The molecule has 0 aliphatic heterocycles. The number of nitro benzene ring substituents is 1. The summed E-state index contributed by atoms with van der Waals surface area (Å²) >= 11 is 2.34. The Hall–Kier alpha value is -3.31. The van der Waals surface area contributed by atoms with Gasteiger partial charge in [0.2, 0.25) is 5.13 Å². The summed E-state index contributed by atoms with van der Waals surface area (Å²) in [7, 11) is 3.07. The summed E-state index contributed by atoms with van der Waals surface area (Å²) in [5, 5.41) is 13.2. The van der Waals surface area contributed by atoms with Crippen molar-refractivity contribution in [1.82, 2.24) is 4.98 Å². The predicted octanol–water partition coefficient (Wildman–Crippen LogP) is 5.41. The van der Waals surface area contributed by atoms with Gasteiger partial charge in [0.1, 0.15) is 0 Å². The van der Waals surface area contributed by atoms with E-state index in [9.17, 15) is 14.9 Å². The Labute approximate surface area is 186 Å². The smallest absolute Gasteiger partial charge is 0.426 e. The lowest BCUT2D eigenvalue weighted by Gasteiger charge is -2.18. The van der Waals surface area contributed by atoms with E-state index >= 15 is 0 Å². The molecular weight excluding hydrogens is 442 g/mol. The normalized spacial score (nSPS) is 10.4. The number of hydrogen-bond acceptors (Lipinski definition) is 9. The number of rotatable bonds is 8. The van der Waals surface area contributed by atoms with Crippen molar-refractivity contribution in [1.29, 1.82) is 0 Å². The lowest BCUT2D eigenvalue weighted by molar-refractivity contribution is -0.384. The summed E-state index contributed by atoms with van der Waals surface area (Å²) in [5.41, 5.74) is 1.07. The Kier molecular flexibility index (Phi) is 7.32. The van der Waals surface area contributed by atoms with E-state index in [0.29, 0.717) is 32.8 Å². The molecule has 2 aromatic carbocycles. The van der Waals surface area contributed by atoms with Crippen molar-refractivity contribution in [2.75, 3.05) is 25.1 Å². The van der Waals surface area contributed by atoms with E-state index < -0.39 is 11.0 Å². The molecule has 0 radical (unpaired) electrons. The number of hydrogen-bond donors (Lipinski definition) is 0. The first-order chi connectivity index (χ1) is 15.0. The molecule has 0 atom stereocenters. The first kappa shape index (κ1) is 22.4. The van der Waals surface area contributed by atoms with Crippen molar-refractivity contribution in [3.05, 3.63) is 58.0 Å². The molecule has 0 bridgehead atoms. The molecule has 0 N–H and O–H groups in total. The minimum atomic E-state index is -0.581. The molecule has 11 heteroatoms. The van der Waals surface area contributed by atoms with Crippen molar-refractivity contribution < 1.29 is 23.9 Å². The fraction of sp³-hybridized carbons (Fsp3) is 0.200. The number of methoxy groups -OCH3 is 2.